The second-order valence-electron chi connectivity index (χ2n) is 5.50. The van der Waals surface area contributed by atoms with Crippen molar-refractivity contribution in [2.75, 3.05) is 5.32 Å². The molecule has 0 atom stereocenters. The number of rotatable bonds is 7. The molecule has 16 nitrogen and oxygen atoms in total. The largest absolute Gasteiger partial charge is 0.338 e. The molecule has 0 amide bonds. The molecule has 17 heteroatoms. The Balaban J connectivity index is 2.88. The Labute approximate surface area is 168 Å². The van der Waals surface area contributed by atoms with Gasteiger partial charge in [0, 0.05) is 5.56 Å². The average molecular weight is 443 g/mol. The maximum atomic E-state index is 11.4. The van der Waals surface area contributed by atoms with Crippen LogP contribution in [0, 0.1) is 57.5 Å². The highest BCUT2D eigenvalue weighted by molar-refractivity contribution is 6.34. The van der Waals surface area contributed by atoms with Gasteiger partial charge in [-0.2, -0.15) is 0 Å². The number of nitrogens with one attached hydrogen (secondary N) is 1. The van der Waals surface area contributed by atoms with Crippen LogP contribution in [0.1, 0.15) is 5.56 Å². The highest BCUT2D eigenvalue weighted by Gasteiger charge is 2.34. The summed E-state index contributed by atoms with van der Waals surface area (Å²) in [5, 5.41) is 57.6. The first kappa shape index (κ1) is 21.8. The molecule has 30 heavy (non-hydrogen) atoms. The van der Waals surface area contributed by atoms with Crippen molar-refractivity contribution in [3.63, 3.8) is 0 Å². The van der Waals surface area contributed by atoms with Gasteiger partial charge in [0.25, 0.3) is 17.1 Å². The Morgan fingerprint density at radius 1 is 0.667 bits per heavy atom. The number of anilines is 2. The molecule has 2 aromatic carbocycles. The summed E-state index contributed by atoms with van der Waals surface area (Å²) in [5.74, 6) is 0. The Hall–Kier alpha value is -4.47. The van der Waals surface area contributed by atoms with E-state index in [-0.39, 0.29) is 5.56 Å². The molecule has 0 spiro atoms. The molecule has 0 bridgehead atoms. The van der Waals surface area contributed by atoms with Crippen molar-refractivity contribution >= 4 is 51.4 Å². The Morgan fingerprint density at radius 3 is 1.43 bits per heavy atom. The summed E-state index contributed by atoms with van der Waals surface area (Å²) in [7, 11) is 0. The monoisotopic (exact) mass is 442 g/mol. The zero-order chi connectivity index (χ0) is 22.9. The summed E-state index contributed by atoms with van der Waals surface area (Å²) < 4.78 is 0. The van der Waals surface area contributed by atoms with E-state index in [1.807, 2.05) is 0 Å². The van der Waals surface area contributed by atoms with Crippen LogP contribution in [0.25, 0.3) is 0 Å². The molecule has 0 radical (unpaired) electrons. The SMILES string of the molecule is Cc1c(Cl)c([N+](=O)[O-])cc([N+](=O)[O-])c1Nc1c([N+](=O)[O-])cc([N+](=O)[O-])cc1[N+](=O)[O-]. The minimum Gasteiger partial charge on any atom is -0.338 e. The van der Waals surface area contributed by atoms with Crippen LogP contribution in [0.2, 0.25) is 5.02 Å². The van der Waals surface area contributed by atoms with Crippen LogP contribution in [0.15, 0.2) is 18.2 Å². The number of nitro groups is 5. The Bertz CT molecular complexity index is 1110. The lowest BCUT2D eigenvalue weighted by atomic mass is 10.1. The molecule has 2 aromatic rings. The second kappa shape index (κ2) is 7.87. The summed E-state index contributed by atoms with van der Waals surface area (Å²) in [5.41, 5.74) is -6.82. The Morgan fingerprint density at radius 2 is 1.07 bits per heavy atom. The van der Waals surface area contributed by atoms with E-state index in [1.165, 1.54) is 0 Å². The van der Waals surface area contributed by atoms with E-state index < -0.39 is 69.5 Å². The van der Waals surface area contributed by atoms with E-state index in [0.29, 0.717) is 18.2 Å². The van der Waals surface area contributed by atoms with E-state index in [0.717, 1.165) is 6.92 Å². The zero-order valence-corrected chi connectivity index (χ0v) is 15.2. The van der Waals surface area contributed by atoms with Crippen molar-refractivity contribution in [3.05, 3.63) is 79.4 Å². The first-order chi connectivity index (χ1) is 13.9. The molecule has 0 unspecified atom stereocenters. The number of non-ortho nitro benzene ring substituents is 1. The van der Waals surface area contributed by atoms with Crippen LogP contribution >= 0.6 is 11.6 Å². The molecule has 0 fully saturated rings. The van der Waals surface area contributed by atoms with Gasteiger partial charge in [0.2, 0.25) is 0 Å². The van der Waals surface area contributed by atoms with Crippen LogP contribution in [0.4, 0.5) is 39.8 Å². The van der Waals surface area contributed by atoms with E-state index in [4.69, 9.17) is 11.6 Å². The smallest absolute Gasteiger partial charge is 0.306 e. The number of nitrogens with zero attached hydrogens (tertiary/aromatic N) is 5. The molecular weight excluding hydrogens is 436 g/mol. The van der Waals surface area contributed by atoms with Gasteiger partial charge in [-0.1, -0.05) is 11.6 Å². The molecule has 0 heterocycles. The molecule has 0 aliphatic heterocycles. The fourth-order valence-electron chi connectivity index (χ4n) is 2.44. The Kier molecular flexibility index (Phi) is 5.73. The summed E-state index contributed by atoms with van der Waals surface area (Å²) in [6.45, 7) is 1.10. The predicted octanol–water partition coefficient (Wildman–Crippen LogP) is 3.93. The van der Waals surface area contributed by atoms with Gasteiger partial charge < -0.3 is 5.32 Å². The van der Waals surface area contributed by atoms with Crippen LogP contribution < -0.4 is 5.32 Å². The predicted molar refractivity (Wildman–Crippen MR) is 99.2 cm³/mol. The van der Waals surface area contributed by atoms with E-state index in [9.17, 15) is 50.6 Å². The number of hydrogen-bond donors (Lipinski definition) is 1. The third-order valence-corrected chi connectivity index (χ3v) is 4.26. The average Bonchev–Trinajstić information content (AvgIpc) is 2.64. The summed E-state index contributed by atoms with van der Waals surface area (Å²) >= 11 is 5.85. The lowest BCUT2D eigenvalue weighted by Gasteiger charge is -2.12. The normalized spacial score (nSPS) is 10.3. The first-order valence-electron chi connectivity index (χ1n) is 7.36. The molecule has 2 rings (SSSR count). The van der Waals surface area contributed by atoms with Crippen LogP contribution in [0.5, 0.6) is 0 Å². The van der Waals surface area contributed by atoms with Gasteiger partial charge in [-0.05, 0) is 6.92 Å². The van der Waals surface area contributed by atoms with Crippen molar-refractivity contribution in [1.29, 1.82) is 0 Å². The minimum atomic E-state index is -1.17. The second-order valence-corrected chi connectivity index (χ2v) is 5.88. The van der Waals surface area contributed by atoms with Gasteiger partial charge in [0.15, 0.2) is 5.69 Å². The lowest BCUT2D eigenvalue weighted by Crippen LogP contribution is -2.07. The molecular formula is C13H7ClN6O10. The molecule has 0 saturated carbocycles. The highest BCUT2D eigenvalue weighted by atomic mass is 35.5. The van der Waals surface area contributed by atoms with Crippen molar-refractivity contribution < 1.29 is 24.6 Å². The van der Waals surface area contributed by atoms with E-state index in [1.54, 1.807) is 0 Å². The van der Waals surface area contributed by atoms with E-state index in [2.05, 4.69) is 5.32 Å². The quantitative estimate of drug-likeness (QED) is 0.476. The first-order valence-corrected chi connectivity index (χ1v) is 7.74. The maximum Gasteiger partial charge on any atom is 0.306 e. The number of benzene rings is 2. The van der Waals surface area contributed by atoms with Crippen LogP contribution in [-0.2, 0) is 0 Å². The highest BCUT2D eigenvalue weighted by Crippen LogP contribution is 2.45. The molecule has 0 saturated heterocycles. The van der Waals surface area contributed by atoms with Gasteiger partial charge in [0.1, 0.15) is 10.7 Å². The van der Waals surface area contributed by atoms with E-state index >= 15 is 0 Å². The molecule has 156 valence electrons. The fourth-order valence-corrected chi connectivity index (χ4v) is 2.66. The summed E-state index contributed by atoms with van der Waals surface area (Å²) in [6, 6.07) is 1.31. The number of halogens is 1. The molecule has 0 aliphatic rings. The van der Waals surface area contributed by atoms with Gasteiger partial charge in [0.05, 0.1) is 42.8 Å². The topological polar surface area (TPSA) is 228 Å². The standard InChI is InChI=1S/C13H7ClN6O10/c1-5-11(14)7(17(23)24)4-10(20(29)30)12(5)15-13-8(18(25)26)2-6(16(21)22)3-9(13)19(27)28/h2-4,15H,1H3. The van der Waals surface area contributed by atoms with Crippen molar-refractivity contribution in [3.8, 4) is 0 Å². The summed E-state index contributed by atoms with van der Waals surface area (Å²) in [6.07, 6.45) is 0. The maximum absolute atomic E-state index is 11.4. The van der Waals surface area contributed by atoms with Crippen LogP contribution in [0.3, 0.4) is 0 Å². The zero-order valence-electron chi connectivity index (χ0n) is 14.4. The third-order valence-electron chi connectivity index (χ3n) is 3.79. The van der Waals surface area contributed by atoms with Gasteiger partial charge in [-0.25, -0.2) is 0 Å². The third kappa shape index (κ3) is 3.87. The van der Waals surface area contributed by atoms with Gasteiger partial charge in [-0.3, -0.25) is 50.6 Å². The number of hydrogen-bond acceptors (Lipinski definition) is 11. The fraction of sp³-hybridized carbons (Fsp3) is 0.0769. The summed E-state index contributed by atoms with van der Waals surface area (Å²) in [4.78, 5) is 50.5. The van der Waals surface area contributed by atoms with Gasteiger partial charge >= 0.3 is 11.4 Å². The molecule has 0 aromatic heterocycles. The molecule has 0 aliphatic carbocycles. The van der Waals surface area contributed by atoms with Crippen molar-refractivity contribution in [2.24, 2.45) is 0 Å². The van der Waals surface area contributed by atoms with Crippen molar-refractivity contribution in [1.82, 2.24) is 0 Å². The van der Waals surface area contributed by atoms with Crippen molar-refractivity contribution in [2.45, 2.75) is 6.92 Å². The van der Waals surface area contributed by atoms with Gasteiger partial charge in [-0.15, -0.1) is 0 Å². The van der Waals surface area contributed by atoms with Crippen LogP contribution in [-0.4, -0.2) is 24.6 Å². The minimum absolute atomic E-state index is 0.306. The number of nitro benzene ring substituents is 5. The molecule has 1 N–H and O–H groups in total. The lowest BCUT2D eigenvalue weighted by molar-refractivity contribution is -0.401.